The molecule has 0 aromatic carbocycles. The fourth-order valence-corrected chi connectivity index (χ4v) is 3.74. The molecule has 3 heterocycles. The summed E-state index contributed by atoms with van der Waals surface area (Å²) < 4.78 is 5.34. The Morgan fingerprint density at radius 1 is 1.29 bits per heavy atom. The van der Waals surface area contributed by atoms with Crippen molar-refractivity contribution in [2.45, 2.75) is 45.6 Å². The first-order valence-corrected chi connectivity index (χ1v) is 9.14. The van der Waals surface area contributed by atoms with Crippen LogP contribution in [-0.2, 0) is 4.79 Å². The summed E-state index contributed by atoms with van der Waals surface area (Å²) in [5.41, 5.74) is 0. The molecule has 7 nitrogen and oxygen atoms in total. The zero-order valence-electron chi connectivity index (χ0n) is 15.1. The van der Waals surface area contributed by atoms with Crippen LogP contribution in [0.3, 0.4) is 0 Å². The van der Waals surface area contributed by atoms with Crippen LogP contribution in [0, 0.1) is 6.92 Å². The molecule has 0 spiro atoms. The summed E-state index contributed by atoms with van der Waals surface area (Å²) in [5.74, 6) is 1.90. The van der Waals surface area contributed by atoms with Crippen LogP contribution in [0.1, 0.15) is 44.3 Å². The number of rotatable bonds is 4. The van der Waals surface area contributed by atoms with Gasteiger partial charge in [0.2, 0.25) is 11.8 Å². The van der Waals surface area contributed by atoms with E-state index in [2.05, 4.69) is 26.9 Å². The zero-order chi connectivity index (χ0) is 17.1. The Labute approximate surface area is 144 Å². The van der Waals surface area contributed by atoms with E-state index < -0.39 is 0 Å². The number of carbonyl (C=O) groups is 1. The predicted molar refractivity (Wildman–Crippen MR) is 90.7 cm³/mol. The zero-order valence-corrected chi connectivity index (χ0v) is 15.1. The molecule has 0 radical (unpaired) electrons. The molecule has 2 saturated heterocycles. The van der Waals surface area contributed by atoms with Crippen molar-refractivity contribution < 1.29 is 9.32 Å². The summed E-state index contributed by atoms with van der Waals surface area (Å²) in [6.45, 7) is 12.6. The molecule has 1 aromatic heterocycles. The first-order valence-electron chi connectivity index (χ1n) is 9.14. The van der Waals surface area contributed by atoms with Gasteiger partial charge in [-0.05, 0) is 39.8 Å². The van der Waals surface area contributed by atoms with Crippen LogP contribution in [0.2, 0.25) is 0 Å². The largest absolute Gasteiger partial charge is 0.339 e. The summed E-state index contributed by atoms with van der Waals surface area (Å²) in [4.78, 5) is 23.9. The van der Waals surface area contributed by atoms with Crippen molar-refractivity contribution in [3.05, 3.63) is 11.7 Å². The highest BCUT2D eigenvalue weighted by Gasteiger charge is 2.33. The number of hydrogen-bond donors (Lipinski definition) is 0. The lowest BCUT2D eigenvalue weighted by molar-refractivity contribution is -0.138. The van der Waals surface area contributed by atoms with E-state index in [1.807, 2.05) is 18.7 Å². The molecule has 24 heavy (non-hydrogen) atoms. The van der Waals surface area contributed by atoms with E-state index in [0.717, 1.165) is 58.7 Å². The number of amides is 1. The predicted octanol–water partition coefficient (Wildman–Crippen LogP) is 1.11. The van der Waals surface area contributed by atoms with E-state index in [4.69, 9.17) is 4.52 Å². The number of hydrogen-bond acceptors (Lipinski definition) is 6. The van der Waals surface area contributed by atoms with Crippen LogP contribution in [0.15, 0.2) is 4.52 Å². The highest BCUT2D eigenvalue weighted by atomic mass is 16.5. The normalized spacial score (nSPS) is 25.0. The average Bonchev–Trinajstić information content (AvgIpc) is 3.07. The van der Waals surface area contributed by atoms with Gasteiger partial charge in [0.1, 0.15) is 0 Å². The third-order valence-corrected chi connectivity index (χ3v) is 5.38. The number of aryl methyl sites for hydroxylation is 1. The van der Waals surface area contributed by atoms with Crippen LogP contribution in [0.25, 0.3) is 0 Å². The lowest BCUT2D eigenvalue weighted by Gasteiger charge is -2.39. The third-order valence-electron chi connectivity index (χ3n) is 5.38. The summed E-state index contributed by atoms with van der Waals surface area (Å²) in [6.07, 6.45) is 2.11. The summed E-state index contributed by atoms with van der Waals surface area (Å²) in [6, 6.07) is -0.0787. The van der Waals surface area contributed by atoms with Gasteiger partial charge in [-0.15, -0.1) is 0 Å². The Balaban J connectivity index is 1.57. The molecule has 2 aliphatic rings. The Kier molecular flexibility index (Phi) is 5.50. The number of carbonyl (C=O) groups excluding carboxylic acids is 1. The SMILES string of the molecule is CCN1CCN(C(=O)[C@H](C)N2CCC[C@H](c3nc(C)no3)C2)CC1. The second kappa shape index (κ2) is 7.61. The molecule has 1 amide bonds. The van der Waals surface area contributed by atoms with Gasteiger partial charge >= 0.3 is 0 Å². The maximum absolute atomic E-state index is 12.9. The van der Waals surface area contributed by atoms with E-state index in [9.17, 15) is 4.79 Å². The second-order valence-electron chi connectivity index (χ2n) is 6.95. The van der Waals surface area contributed by atoms with Crippen molar-refractivity contribution in [1.29, 1.82) is 0 Å². The van der Waals surface area contributed by atoms with E-state index in [0.29, 0.717) is 11.7 Å². The van der Waals surface area contributed by atoms with Gasteiger partial charge in [-0.25, -0.2) is 0 Å². The van der Waals surface area contributed by atoms with Crippen LogP contribution < -0.4 is 0 Å². The lowest BCUT2D eigenvalue weighted by Crippen LogP contribution is -2.55. The summed E-state index contributed by atoms with van der Waals surface area (Å²) >= 11 is 0. The average molecular weight is 335 g/mol. The molecule has 2 aliphatic heterocycles. The molecule has 2 fully saturated rings. The molecule has 3 rings (SSSR count). The fraction of sp³-hybridized carbons (Fsp3) is 0.824. The number of piperazine rings is 1. The highest BCUT2D eigenvalue weighted by molar-refractivity contribution is 5.81. The number of likely N-dealkylation sites (N-methyl/N-ethyl adjacent to an activating group) is 1. The molecule has 1 aromatic rings. The first kappa shape index (κ1) is 17.4. The maximum atomic E-state index is 12.9. The summed E-state index contributed by atoms with van der Waals surface area (Å²) in [5, 5.41) is 3.90. The molecule has 0 bridgehead atoms. The minimum Gasteiger partial charge on any atom is -0.339 e. The first-order chi connectivity index (χ1) is 11.6. The van der Waals surface area contributed by atoms with Gasteiger partial charge in [0, 0.05) is 32.7 Å². The molecule has 2 atom stereocenters. The monoisotopic (exact) mass is 335 g/mol. The van der Waals surface area contributed by atoms with Gasteiger partial charge in [0.25, 0.3) is 0 Å². The van der Waals surface area contributed by atoms with Gasteiger partial charge in [0.15, 0.2) is 5.82 Å². The second-order valence-corrected chi connectivity index (χ2v) is 6.95. The van der Waals surface area contributed by atoms with Gasteiger partial charge in [-0.2, -0.15) is 4.98 Å². The van der Waals surface area contributed by atoms with Crippen LogP contribution in [0.4, 0.5) is 0 Å². The molecule has 0 unspecified atom stereocenters. The van der Waals surface area contributed by atoms with Gasteiger partial charge in [-0.3, -0.25) is 9.69 Å². The summed E-state index contributed by atoms with van der Waals surface area (Å²) in [7, 11) is 0. The minimum atomic E-state index is -0.0787. The van der Waals surface area contributed by atoms with E-state index >= 15 is 0 Å². The van der Waals surface area contributed by atoms with Crippen LogP contribution >= 0.6 is 0 Å². The number of aromatic nitrogens is 2. The van der Waals surface area contributed by atoms with Gasteiger partial charge in [-0.1, -0.05) is 12.1 Å². The van der Waals surface area contributed by atoms with Crippen molar-refractivity contribution in [2.75, 3.05) is 45.8 Å². The van der Waals surface area contributed by atoms with E-state index in [1.165, 1.54) is 0 Å². The fourth-order valence-electron chi connectivity index (χ4n) is 3.74. The Morgan fingerprint density at radius 3 is 2.67 bits per heavy atom. The molecule has 134 valence electrons. The molecular formula is C17H29N5O2. The Hall–Kier alpha value is -1.47. The molecule has 0 aliphatic carbocycles. The molecule has 0 N–H and O–H groups in total. The standard InChI is InChI=1S/C17H29N5O2/c1-4-20-8-10-21(11-9-20)17(23)13(2)22-7-5-6-15(12-22)16-18-14(3)19-24-16/h13,15H,4-12H2,1-3H3/t13-,15-/m0/s1. The Bertz CT molecular complexity index is 553. The topological polar surface area (TPSA) is 65.7 Å². The van der Waals surface area contributed by atoms with Crippen LogP contribution in [-0.4, -0.2) is 82.6 Å². The van der Waals surface area contributed by atoms with E-state index in [-0.39, 0.29) is 17.9 Å². The van der Waals surface area contributed by atoms with E-state index in [1.54, 1.807) is 0 Å². The highest BCUT2D eigenvalue weighted by Crippen LogP contribution is 2.27. The van der Waals surface area contributed by atoms with Crippen molar-refractivity contribution >= 4 is 5.91 Å². The van der Waals surface area contributed by atoms with Crippen molar-refractivity contribution in [1.82, 2.24) is 24.8 Å². The number of nitrogens with zero attached hydrogens (tertiary/aromatic N) is 5. The van der Waals surface area contributed by atoms with Crippen LogP contribution in [0.5, 0.6) is 0 Å². The number of likely N-dealkylation sites (tertiary alicyclic amines) is 1. The quantitative estimate of drug-likeness (QED) is 0.821. The maximum Gasteiger partial charge on any atom is 0.239 e. The van der Waals surface area contributed by atoms with Gasteiger partial charge in [0.05, 0.1) is 12.0 Å². The molecule has 0 saturated carbocycles. The third kappa shape index (κ3) is 3.78. The van der Waals surface area contributed by atoms with Crippen molar-refractivity contribution in [3.8, 4) is 0 Å². The molecule has 7 heteroatoms. The minimum absolute atomic E-state index is 0.0787. The lowest BCUT2D eigenvalue weighted by atomic mass is 9.96. The van der Waals surface area contributed by atoms with Crippen molar-refractivity contribution in [3.63, 3.8) is 0 Å². The van der Waals surface area contributed by atoms with Gasteiger partial charge < -0.3 is 14.3 Å². The van der Waals surface area contributed by atoms with Crippen molar-refractivity contribution in [2.24, 2.45) is 0 Å². The smallest absolute Gasteiger partial charge is 0.239 e. The molecular weight excluding hydrogens is 306 g/mol. The number of piperidine rings is 1. The Morgan fingerprint density at radius 2 is 2.04 bits per heavy atom.